The smallest absolute Gasteiger partial charge is 0.224 e. The number of H-pyrrole nitrogens is 1. The molecule has 2 fully saturated rings. The second-order valence-electron chi connectivity index (χ2n) is 6.28. The first-order chi connectivity index (χ1) is 10.2. The van der Waals surface area contributed by atoms with Crippen LogP contribution >= 0.6 is 0 Å². The molecule has 4 rings (SSSR count). The average molecular weight is 288 g/mol. The van der Waals surface area contributed by atoms with Crippen molar-refractivity contribution in [2.24, 2.45) is 5.92 Å². The molecule has 1 aliphatic heterocycles. The van der Waals surface area contributed by atoms with E-state index in [2.05, 4.69) is 25.1 Å². The Hall–Kier alpha value is -1.89. The number of nitrogens with two attached hydrogens (primary N) is 1. The topological polar surface area (TPSA) is 104 Å². The Balaban J connectivity index is 1.68. The lowest BCUT2D eigenvalue weighted by Crippen LogP contribution is -2.53. The number of nitrogen functional groups attached to an aromatic ring is 1. The van der Waals surface area contributed by atoms with Gasteiger partial charge in [-0.3, -0.25) is 5.10 Å². The molecule has 0 radical (unpaired) electrons. The first-order valence-electron chi connectivity index (χ1n) is 7.60. The fourth-order valence-corrected chi connectivity index (χ4v) is 3.84. The molecule has 0 aromatic carbocycles. The van der Waals surface area contributed by atoms with Crippen molar-refractivity contribution in [1.82, 2.24) is 20.2 Å². The number of nitrogens with one attached hydrogen (secondary N) is 1. The third kappa shape index (κ3) is 2.03. The van der Waals surface area contributed by atoms with Crippen molar-refractivity contribution in [1.29, 1.82) is 0 Å². The zero-order valence-electron chi connectivity index (χ0n) is 11.9. The molecule has 7 heteroatoms. The summed E-state index contributed by atoms with van der Waals surface area (Å²) in [6.45, 7) is 1.62. The molecule has 2 aromatic rings. The number of piperidine rings is 1. The van der Waals surface area contributed by atoms with Gasteiger partial charge in [-0.05, 0) is 19.3 Å². The molecule has 1 aliphatic carbocycles. The number of hydrogen-bond donors (Lipinski definition) is 3. The number of nitrogens with zero attached hydrogens (tertiary/aromatic N) is 4. The van der Waals surface area contributed by atoms with Gasteiger partial charge in [0.25, 0.3) is 0 Å². The molecule has 1 saturated heterocycles. The molecule has 0 amide bonds. The van der Waals surface area contributed by atoms with E-state index in [1.165, 1.54) is 6.42 Å². The van der Waals surface area contributed by atoms with Crippen molar-refractivity contribution in [3.05, 3.63) is 6.20 Å². The molecular weight excluding hydrogens is 268 g/mol. The highest BCUT2D eigenvalue weighted by atomic mass is 16.3. The van der Waals surface area contributed by atoms with Crippen molar-refractivity contribution in [2.75, 3.05) is 23.7 Å². The molecule has 0 bridgehead atoms. The van der Waals surface area contributed by atoms with Crippen LogP contribution in [-0.4, -0.2) is 44.0 Å². The lowest BCUT2D eigenvalue weighted by molar-refractivity contribution is -0.0613. The van der Waals surface area contributed by atoms with E-state index in [0.29, 0.717) is 11.6 Å². The highest BCUT2D eigenvalue weighted by Crippen LogP contribution is 2.41. The summed E-state index contributed by atoms with van der Waals surface area (Å²) >= 11 is 0. The van der Waals surface area contributed by atoms with Crippen LogP contribution in [0.1, 0.15) is 32.1 Å². The molecule has 2 unspecified atom stereocenters. The number of anilines is 2. The molecule has 0 spiro atoms. The SMILES string of the molecule is Nc1nc(N2CCC3(O)CCCCC3C2)c2cn[nH]c2n1. The van der Waals surface area contributed by atoms with E-state index in [4.69, 9.17) is 5.73 Å². The lowest BCUT2D eigenvalue weighted by Gasteiger charge is -2.47. The predicted octanol–water partition coefficient (Wildman–Crippen LogP) is 1.07. The van der Waals surface area contributed by atoms with Gasteiger partial charge in [0.15, 0.2) is 5.65 Å². The van der Waals surface area contributed by atoms with Crippen molar-refractivity contribution < 1.29 is 5.11 Å². The molecule has 7 nitrogen and oxygen atoms in total. The molecule has 2 atom stereocenters. The van der Waals surface area contributed by atoms with Crippen LogP contribution in [0.15, 0.2) is 6.20 Å². The largest absolute Gasteiger partial charge is 0.389 e. The summed E-state index contributed by atoms with van der Waals surface area (Å²) in [7, 11) is 0. The van der Waals surface area contributed by atoms with Crippen molar-refractivity contribution in [3.63, 3.8) is 0 Å². The summed E-state index contributed by atoms with van der Waals surface area (Å²) < 4.78 is 0. The quantitative estimate of drug-likeness (QED) is 0.725. The van der Waals surface area contributed by atoms with Gasteiger partial charge in [0.2, 0.25) is 5.95 Å². The van der Waals surface area contributed by atoms with Gasteiger partial charge < -0.3 is 15.7 Å². The van der Waals surface area contributed by atoms with Crippen LogP contribution in [-0.2, 0) is 0 Å². The molecule has 3 heterocycles. The van der Waals surface area contributed by atoms with Gasteiger partial charge in [-0.25, -0.2) is 0 Å². The first-order valence-corrected chi connectivity index (χ1v) is 7.60. The van der Waals surface area contributed by atoms with Crippen molar-refractivity contribution in [3.8, 4) is 0 Å². The fraction of sp³-hybridized carbons (Fsp3) is 0.643. The van der Waals surface area contributed by atoms with Crippen molar-refractivity contribution >= 4 is 22.8 Å². The zero-order chi connectivity index (χ0) is 14.4. The van der Waals surface area contributed by atoms with E-state index in [0.717, 1.165) is 50.0 Å². The minimum absolute atomic E-state index is 0.256. The molecule has 1 saturated carbocycles. The van der Waals surface area contributed by atoms with Gasteiger partial charge >= 0.3 is 0 Å². The Bertz CT molecular complexity index is 671. The molecule has 4 N–H and O–H groups in total. The number of aromatic amines is 1. The third-order valence-corrected chi connectivity index (χ3v) is 5.03. The Morgan fingerprint density at radius 3 is 3.14 bits per heavy atom. The van der Waals surface area contributed by atoms with Crippen LogP contribution in [0.25, 0.3) is 11.0 Å². The second-order valence-corrected chi connectivity index (χ2v) is 6.28. The van der Waals surface area contributed by atoms with Gasteiger partial charge in [0.05, 0.1) is 17.2 Å². The zero-order valence-corrected chi connectivity index (χ0v) is 11.9. The summed E-state index contributed by atoms with van der Waals surface area (Å²) in [4.78, 5) is 10.8. The minimum Gasteiger partial charge on any atom is -0.389 e. The number of aromatic nitrogens is 4. The van der Waals surface area contributed by atoms with Gasteiger partial charge in [-0.15, -0.1) is 0 Å². The average Bonchev–Trinajstić information content (AvgIpc) is 2.93. The van der Waals surface area contributed by atoms with E-state index < -0.39 is 5.60 Å². The van der Waals surface area contributed by atoms with Crippen LogP contribution in [0.5, 0.6) is 0 Å². The monoisotopic (exact) mass is 288 g/mol. The summed E-state index contributed by atoms with van der Waals surface area (Å²) in [5.74, 6) is 1.41. The number of rotatable bonds is 1. The lowest BCUT2D eigenvalue weighted by atomic mass is 9.71. The van der Waals surface area contributed by atoms with E-state index in [1.54, 1.807) is 6.20 Å². The maximum atomic E-state index is 10.8. The van der Waals surface area contributed by atoms with Crippen molar-refractivity contribution in [2.45, 2.75) is 37.7 Å². The Kier molecular flexibility index (Phi) is 2.78. The molecule has 2 aliphatic rings. The van der Waals surface area contributed by atoms with Crippen LogP contribution in [0.2, 0.25) is 0 Å². The summed E-state index contributed by atoms with van der Waals surface area (Å²) in [5.41, 5.74) is 5.99. The summed E-state index contributed by atoms with van der Waals surface area (Å²) in [6, 6.07) is 0. The number of fused-ring (bicyclic) bond motifs is 2. The maximum Gasteiger partial charge on any atom is 0.224 e. The summed E-state index contributed by atoms with van der Waals surface area (Å²) in [6.07, 6.45) is 6.89. The Labute approximate surface area is 122 Å². The highest BCUT2D eigenvalue weighted by Gasteiger charge is 2.43. The Morgan fingerprint density at radius 2 is 2.24 bits per heavy atom. The van der Waals surface area contributed by atoms with E-state index in [-0.39, 0.29) is 5.95 Å². The van der Waals surface area contributed by atoms with Crippen LogP contribution in [0.3, 0.4) is 0 Å². The van der Waals surface area contributed by atoms with Crippen LogP contribution < -0.4 is 10.6 Å². The van der Waals surface area contributed by atoms with E-state index in [9.17, 15) is 5.11 Å². The third-order valence-electron chi connectivity index (χ3n) is 5.03. The van der Waals surface area contributed by atoms with Gasteiger partial charge in [0.1, 0.15) is 5.82 Å². The molecule has 112 valence electrons. The fourth-order valence-electron chi connectivity index (χ4n) is 3.84. The molecule has 2 aromatic heterocycles. The predicted molar refractivity (Wildman–Crippen MR) is 79.8 cm³/mol. The van der Waals surface area contributed by atoms with Gasteiger partial charge in [0, 0.05) is 19.0 Å². The van der Waals surface area contributed by atoms with E-state index >= 15 is 0 Å². The maximum absolute atomic E-state index is 10.8. The summed E-state index contributed by atoms with van der Waals surface area (Å²) in [5, 5.41) is 18.6. The Morgan fingerprint density at radius 1 is 1.33 bits per heavy atom. The van der Waals surface area contributed by atoms with Crippen LogP contribution in [0.4, 0.5) is 11.8 Å². The van der Waals surface area contributed by atoms with E-state index in [1.807, 2.05) is 0 Å². The van der Waals surface area contributed by atoms with Gasteiger partial charge in [-0.2, -0.15) is 15.1 Å². The highest BCUT2D eigenvalue weighted by molar-refractivity contribution is 5.87. The number of aliphatic hydroxyl groups is 1. The minimum atomic E-state index is -0.483. The molecular formula is C14H20N6O. The van der Waals surface area contributed by atoms with Gasteiger partial charge in [-0.1, -0.05) is 12.8 Å². The second kappa shape index (κ2) is 4.56. The van der Waals surface area contributed by atoms with Crippen LogP contribution in [0, 0.1) is 5.92 Å². The standard InChI is InChI=1S/C14H20N6O/c15-13-17-11-10(7-16-19-11)12(18-13)20-6-5-14(21)4-2-1-3-9(14)8-20/h7,9,21H,1-6,8H2,(H3,15,16,17,18,19). The first kappa shape index (κ1) is 12.8. The normalized spacial score (nSPS) is 29.6. The number of hydrogen-bond acceptors (Lipinski definition) is 6. The molecule has 21 heavy (non-hydrogen) atoms.